The predicted molar refractivity (Wildman–Crippen MR) is 129 cm³/mol. The van der Waals surface area contributed by atoms with Gasteiger partial charge in [0, 0.05) is 40.8 Å². The number of nitrogens with one attached hydrogen (secondary N) is 2. The Morgan fingerprint density at radius 3 is 2.79 bits per heavy atom. The van der Waals surface area contributed by atoms with Gasteiger partial charge in [0.25, 0.3) is 11.8 Å². The molecule has 2 fully saturated rings. The van der Waals surface area contributed by atoms with Crippen molar-refractivity contribution in [1.29, 1.82) is 0 Å². The number of aromatic amines is 1. The summed E-state index contributed by atoms with van der Waals surface area (Å²) in [5.74, 6) is 0.326. The van der Waals surface area contributed by atoms with Crippen molar-refractivity contribution in [1.82, 2.24) is 15.2 Å². The van der Waals surface area contributed by atoms with Crippen LogP contribution in [0.2, 0.25) is 0 Å². The van der Waals surface area contributed by atoms with Crippen LogP contribution in [0.5, 0.6) is 5.75 Å². The van der Waals surface area contributed by atoms with Gasteiger partial charge in [-0.2, -0.15) is 0 Å². The van der Waals surface area contributed by atoms with Crippen LogP contribution in [0.4, 0.5) is 0 Å². The van der Waals surface area contributed by atoms with Gasteiger partial charge < -0.3 is 19.9 Å². The van der Waals surface area contributed by atoms with Gasteiger partial charge in [-0.3, -0.25) is 9.59 Å². The van der Waals surface area contributed by atoms with Crippen LogP contribution in [-0.4, -0.2) is 41.4 Å². The third-order valence-corrected chi connectivity index (χ3v) is 7.04. The summed E-state index contributed by atoms with van der Waals surface area (Å²) in [6.45, 7) is 3.00. The van der Waals surface area contributed by atoms with E-state index >= 15 is 0 Å². The number of benzene rings is 2. The molecule has 170 valence electrons. The molecule has 6 heteroatoms. The van der Waals surface area contributed by atoms with Crippen molar-refractivity contribution in [3.63, 3.8) is 0 Å². The number of aromatic nitrogens is 1. The van der Waals surface area contributed by atoms with Crippen LogP contribution in [-0.2, 0) is 4.79 Å². The van der Waals surface area contributed by atoms with E-state index in [1.165, 1.54) is 0 Å². The van der Waals surface area contributed by atoms with Crippen molar-refractivity contribution < 1.29 is 14.3 Å². The Kier molecular flexibility index (Phi) is 5.44. The number of hydrogen-bond acceptors (Lipinski definition) is 3. The molecule has 1 saturated carbocycles. The molecule has 5 rings (SSSR count). The summed E-state index contributed by atoms with van der Waals surface area (Å²) in [4.78, 5) is 32.0. The van der Waals surface area contributed by atoms with Crippen molar-refractivity contribution in [2.45, 2.75) is 38.6 Å². The van der Waals surface area contributed by atoms with Crippen LogP contribution in [0.1, 0.15) is 48.5 Å². The molecule has 33 heavy (non-hydrogen) atoms. The van der Waals surface area contributed by atoms with E-state index in [1.54, 1.807) is 25.3 Å². The summed E-state index contributed by atoms with van der Waals surface area (Å²) in [5.41, 5.74) is 2.75. The van der Waals surface area contributed by atoms with E-state index in [0.717, 1.165) is 54.4 Å². The fraction of sp³-hybridized carbons (Fsp3) is 0.333. The first-order chi connectivity index (χ1) is 16.0. The van der Waals surface area contributed by atoms with Crippen molar-refractivity contribution in [3.05, 3.63) is 71.6 Å². The largest absolute Gasteiger partial charge is 0.497 e. The molecule has 2 bridgehead atoms. The Hall–Kier alpha value is -3.54. The first-order valence-corrected chi connectivity index (χ1v) is 11.5. The number of nitrogens with zero attached hydrogens (tertiary/aromatic N) is 1. The Morgan fingerprint density at radius 1 is 1.21 bits per heavy atom. The summed E-state index contributed by atoms with van der Waals surface area (Å²) in [7, 11) is 1.63. The van der Waals surface area contributed by atoms with Gasteiger partial charge in [0.2, 0.25) is 0 Å². The minimum atomic E-state index is -0.291. The molecule has 0 spiro atoms. The highest BCUT2D eigenvalue weighted by Crippen LogP contribution is 2.45. The van der Waals surface area contributed by atoms with E-state index in [-0.39, 0.29) is 23.3 Å². The van der Waals surface area contributed by atoms with Crippen molar-refractivity contribution >= 4 is 28.8 Å². The summed E-state index contributed by atoms with van der Waals surface area (Å²) in [6, 6.07) is 15.0. The fourth-order valence-electron chi connectivity index (χ4n) is 5.34. The Labute approximate surface area is 193 Å². The van der Waals surface area contributed by atoms with Crippen molar-refractivity contribution in [2.24, 2.45) is 5.41 Å². The summed E-state index contributed by atoms with van der Waals surface area (Å²) in [5, 5.41) is 3.85. The quantitative estimate of drug-likeness (QED) is 0.560. The molecular weight excluding hydrogens is 414 g/mol. The Balaban J connectivity index is 1.53. The van der Waals surface area contributed by atoms with Crippen molar-refractivity contribution in [2.75, 3.05) is 13.7 Å². The van der Waals surface area contributed by atoms with E-state index in [2.05, 4.69) is 17.2 Å². The molecule has 1 aromatic heterocycles. The summed E-state index contributed by atoms with van der Waals surface area (Å²) in [6.07, 6.45) is 7.98. The first-order valence-electron chi connectivity index (χ1n) is 11.5. The Morgan fingerprint density at radius 2 is 2.03 bits per heavy atom. The highest BCUT2D eigenvalue weighted by Gasteiger charge is 2.45. The first kappa shape index (κ1) is 21.3. The van der Waals surface area contributed by atoms with Gasteiger partial charge in [0.1, 0.15) is 11.4 Å². The van der Waals surface area contributed by atoms with Gasteiger partial charge >= 0.3 is 0 Å². The highest BCUT2D eigenvalue weighted by molar-refractivity contribution is 6.06. The van der Waals surface area contributed by atoms with Crippen LogP contribution in [0.15, 0.2) is 60.4 Å². The maximum atomic E-state index is 13.8. The second-order valence-corrected chi connectivity index (χ2v) is 9.53. The highest BCUT2D eigenvalue weighted by atomic mass is 16.5. The van der Waals surface area contributed by atoms with Crippen LogP contribution in [0, 0.1) is 5.41 Å². The number of rotatable bonds is 5. The number of likely N-dealkylation sites (tertiary alicyclic amines) is 1. The lowest BCUT2D eigenvalue weighted by molar-refractivity contribution is -0.128. The average Bonchev–Trinajstić information content (AvgIpc) is 3.34. The molecule has 1 aliphatic carbocycles. The molecule has 1 saturated heterocycles. The predicted octanol–water partition coefficient (Wildman–Crippen LogP) is 4.74. The van der Waals surface area contributed by atoms with E-state index in [9.17, 15) is 9.59 Å². The molecule has 2 aromatic carbocycles. The smallest absolute Gasteiger partial charge is 0.270 e. The number of amides is 2. The van der Waals surface area contributed by atoms with E-state index in [4.69, 9.17) is 4.74 Å². The normalized spacial score (nSPS) is 22.4. The lowest BCUT2D eigenvalue weighted by atomic mass is 9.78. The van der Waals surface area contributed by atoms with E-state index < -0.39 is 0 Å². The average molecular weight is 444 g/mol. The minimum absolute atomic E-state index is 0.118. The van der Waals surface area contributed by atoms with Gasteiger partial charge in [-0.1, -0.05) is 31.5 Å². The summed E-state index contributed by atoms with van der Waals surface area (Å²) >= 11 is 0. The van der Waals surface area contributed by atoms with Crippen LogP contribution >= 0.6 is 0 Å². The molecule has 2 unspecified atom stereocenters. The van der Waals surface area contributed by atoms with E-state index in [0.29, 0.717) is 11.3 Å². The lowest BCUT2D eigenvalue weighted by Crippen LogP contribution is -2.41. The fourth-order valence-corrected chi connectivity index (χ4v) is 5.34. The van der Waals surface area contributed by atoms with Crippen molar-refractivity contribution in [3.8, 4) is 5.75 Å². The molecule has 0 radical (unpaired) electrons. The maximum Gasteiger partial charge on any atom is 0.270 e. The van der Waals surface area contributed by atoms with Gasteiger partial charge in [-0.15, -0.1) is 0 Å². The third kappa shape index (κ3) is 4.13. The molecule has 1 aliphatic heterocycles. The minimum Gasteiger partial charge on any atom is -0.497 e. The van der Waals surface area contributed by atoms with Crippen LogP contribution in [0.3, 0.4) is 0 Å². The number of ether oxygens (including phenoxy) is 1. The zero-order chi connectivity index (χ0) is 23.0. The maximum absolute atomic E-state index is 13.8. The lowest BCUT2D eigenvalue weighted by Gasteiger charge is -2.27. The van der Waals surface area contributed by atoms with Gasteiger partial charge in [-0.05, 0) is 61.1 Å². The van der Waals surface area contributed by atoms with E-state index in [1.807, 2.05) is 47.5 Å². The van der Waals surface area contributed by atoms with Gasteiger partial charge in [-0.25, -0.2) is 0 Å². The molecule has 2 heterocycles. The number of carbonyl (C=O) groups excluding carboxylic acids is 2. The zero-order valence-electron chi connectivity index (χ0n) is 19.1. The second-order valence-electron chi connectivity index (χ2n) is 9.53. The molecule has 2 amide bonds. The standard InChI is InChI=1S/C27H29N3O3/c1-27-12-6-9-20(15-27)30(17-27)26(32)24(29-25(31)18-7-4-3-5-8-18)13-19-16-28-23-11-10-21(33-2)14-22(19)23/h3-5,7-8,10-11,13-14,16,20,28H,6,9,12,15,17H2,1-2H3,(H,29,31). The summed E-state index contributed by atoms with van der Waals surface area (Å²) < 4.78 is 5.38. The molecule has 3 aromatic rings. The second kappa shape index (κ2) is 8.43. The van der Waals surface area contributed by atoms with Crippen LogP contribution in [0.25, 0.3) is 17.0 Å². The number of carbonyl (C=O) groups is 2. The molecule has 2 N–H and O–H groups in total. The third-order valence-electron chi connectivity index (χ3n) is 7.04. The topological polar surface area (TPSA) is 74.4 Å². The van der Waals surface area contributed by atoms with Gasteiger partial charge in [0.05, 0.1) is 7.11 Å². The molecule has 6 nitrogen and oxygen atoms in total. The SMILES string of the molecule is COc1ccc2[nH]cc(C=C(NC(=O)c3ccccc3)C(=O)N3CC4(C)CCCC3C4)c2c1. The van der Waals surface area contributed by atoms with Gasteiger partial charge in [0.15, 0.2) is 0 Å². The number of fused-ring (bicyclic) bond motifs is 3. The Bertz CT molecular complexity index is 1230. The zero-order valence-corrected chi connectivity index (χ0v) is 19.1. The van der Waals surface area contributed by atoms with Crippen LogP contribution < -0.4 is 10.1 Å². The molecule has 2 aliphatic rings. The number of methoxy groups -OCH3 is 1. The monoisotopic (exact) mass is 443 g/mol. The molecular formula is C27H29N3O3. The number of hydrogen-bond donors (Lipinski definition) is 2. The number of H-pyrrole nitrogens is 1. The molecule has 2 atom stereocenters.